The van der Waals surface area contributed by atoms with Crippen molar-refractivity contribution in [3.63, 3.8) is 0 Å². The number of ether oxygens (including phenoxy) is 3. The van der Waals surface area contributed by atoms with Gasteiger partial charge in [-0.05, 0) is 120 Å². The minimum atomic E-state index is -0.989. The van der Waals surface area contributed by atoms with Gasteiger partial charge in [0.25, 0.3) is 0 Å². The van der Waals surface area contributed by atoms with Crippen LogP contribution in [0, 0.1) is 28.6 Å². The van der Waals surface area contributed by atoms with Gasteiger partial charge in [-0.1, -0.05) is 18.6 Å². The van der Waals surface area contributed by atoms with E-state index in [9.17, 15) is 25.2 Å². The summed E-state index contributed by atoms with van der Waals surface area (Å²) in [5.41, 5.74) is -0.258. The van der Waals surface area contributed by atoms with Gasteiger partial charge in [0, 0.05) is 36.3 Å². The quantitative estimate of drug-likeness (QED) is 0.205. The Bertz CT molecular complexity index is 1250. The zero-order chi connectivity index (χ0) is 32.3. The standard InChI is InChI=1S/C37H55NO8/c1-23-33(41)30(39)19-32(45-23)46-26-8-14-35(22-38-17-12-24-6-4-3-5-7-24)28-9-13-34(2)27(25-18-31(40)44-21-25)11-16-37(34,43)29(28)10-15-36(35,42)20-26/h6,12,17-18,23,26-30,32-33,38-39,41-43H,3-5,7-11,13-16,19-22H2,1-2H3/b17-12+/t23-,26-,27-,28-,29+,30+,32-,33-,34+,35-,36-,37-/m0/s1. The summed E-state index contributed by atoms with van der Waals surface area (Å²) in [7, 11) is 0. The van der Waals surface area contributed by atoms with E-state index in [0.29, 0.717) is 32.4 Å². The van der Waals surface area contributed by atoms with Crippen molar-refractivity contribution >= 4 is 5.97 Å². The Labute approximate surface area is 273 Å². The third kappa shape index (κ3) is 5.32. The molecule has 9 heteroatoms. The van der Waals surface area contributed by atoms with Crippen LogP contribution < -0.4 is 5.32 Å². The number of aliphatic hydroxyl groups excluding tert-OH is 2. The minimum absolute atomic E-state index is 0.0543. The fraction of sp³-hybridized carbons (Fsp3) is 0.811. The third-order valence-corrected chi connectivity index (χ3v) is 13.9. The molecule has 5 aliphatic carbocycles. The first-order valence-electron chi connectivity index (χ1n) is 18.1. The number of aliphatic hydroxyl groups is 4. The van der Waals surface area contributed by atoms with Crippen molar-refractivity contribution in [3.8, 4) is 0 Å². The molecule has 0 radical (unpaired) electrons. The van der Waals surface area contributed by atoms with E-state index < -0.39 is 41.2 Å². The Morgan fingerprint density at radius 2 is 1.89 bits per heavy atom. The summed E-state index contributed by atoms with van der Waals surface area (Å²) in [6.45, 7) is 4.95. The lowest BCUT2D eigenvalue weighted by Gasteiger charge is -2.67. The van der Waals surface area contributed by atoms with Gasteiger partial charge in [-0.3, -0.25) is 0 Å². The zero-order valence-electron chi connectivity index (χ0n) is 27.7. The topological polar surface area (TPSA) is 138 Å². The summed E-state index contributed by atoms with van der Waals surface area (Å²) in [6, 6.07) is 0. The Morgan fingerprint density at radius 3 is 2.63 bits per heavy atom. The van der Waals surface area contributed by atoms with Crippen LogP contribution in [0.5, 0.6) is 0 Å². The smallest absolute Gasteiger partial charge is 0.331 e. The van der Waals surface area contributed by atoms with Crippen LogP contribution in [0.25, 0.3) is 0 Å². The van der Waals surface area contributed by atoms with E-state index in [0.717, 1.165) is 56.9 Å². The molecule has 12 atom stereocenters. The summed E-state index contributed by atoms with van der Waals surface area (Å²) >= 11 is 0. The molecule has 0 aromatic carbocycles. The minimum Gasteiger partial charge on any atom is -0.458 e. The van der Waals surface area contributed by atoms with E-state index >= 15 is 0 Å². The average molecular weight is 642 g/mol. The molecule has 0 aromatic rings. The molecule has 0 aromatic heterocycles. The second-order valence-electron chi connectivity index (χ2n) is 16.0. The maximum absolute atomic E-state index is 12.8. The number of esters is 1. The molecule has 7 aliphatic rings. The first kappa shape index (κ1) is 32.8. The van der Waals surface area contributed by atoms with Crippen molar-refractivity contribution in [2.24, 2.45) is 28.6 Å². The highest BCUT2D eigenvalue weighted by atomic mass is 16.7. The molecule has 7 rings (SSSR count). The molecule has 256 valence electrons. The number of allylic oxidation sites excluding steroid dienone is 3. The zero-order valence-corrected chi connectivity index (χ0v) is 27.7. The highest BCUT2D eigenvalue weighted by molar-refractivity contribution is 5.85. The van der Waals surface area contributed by atoms with E-state index in [-0.39, 0.29) is 41.7 Å². The number of rotatable bonds is 7. The highest BCUT2D eigenvalue weighted by Crippen LogP contribution is 2.70. The van der Waals surface area contributed by atoms with Crippen LogP contribution in [0.3, 0.4) is 0 Å². The van der Waals surface area contributed by atoms with E-state index in [1.807, 2.05) is 0 Å². The van der Waals surface area contributed by atoms with E-state index in [1.54, 1.807) is 13.0 Å². The normalized spacial score (nSPS) is 49.0. The van der Waals surface area contributed by atoms with Crippen LogP contribution in [0.4, 0.5) is 0 Å². The monoisotopic (exact) mass is 641 g/mol. The molecule has 4 saturated carbocycles. The van der Waals surface area contributed by atoms with E-state index in [4.69, 9.17) is 14.2 Å². The maximum Gasteiger partial charge on any atom is 0.331 e. The van der Waals surface area contributed by atoms with Crippen molar-refractivity contribution in [1.82, 2.24) is 5.32 Å². The van der Waals surface area contributed by atoms with Crippen molar-refractivity contribution in [1.29, 1.82) is 0 Å². The van der Waals surface area contributed by atoms with Crippen LogP contribution in [0.1, 0.15) is 104 Å². The van der Waals surface area contributed by atoms with Crippen LogP contribution in [-0.2, 0) is 19.0 Å². The van der Waals surface area contributed by atoms with Gasteiger partial charge in [0.1, 0.15) is 12.7 Å². The Hall–Kier alpha value is -1.75. The number of fused-ring (bicyclic) bond motifs is 5. The van der Waals surface area contributed by atoms with Gasteiger partial charge in [-0.25, -0.2) is 4.79 Å². The lowest BCUT2D eigenvalue weighted by atomic mass is 9.41. The van der Waals surface area contributed by atoms with Gasteiger partial charge in [0.2, 0.25) is 0 Å². The first-order valence-corrected chi connectivity index (χ1v) is 18.1. The summed E-state index contributed by atoms with van der Waals surface area (Å²) in [6.07, 6.45) is 16.6. The second kappa shape index (κ2) is 12.3. The van der Waals surface area contributed by atoms with Crippen LogP contribution in [-0.4, -0.2) is 81.5 Å². The summed E-state index contributed by atoms with van der Waals surface area (Å²) in [5, 5.41) is 49.7. The average Bonchev–Trinajstić information content (AvgIpc) is 3.58. The SMILES string of the molecule is C[C@@H]1O[C@@H](O[C@H]2CC[C@]3(CN/C=C/C4=CCCCC4)[C@H]4CC[C@]5(C)[C@H](C6=CC(=O)OC6)CC[C@]5(O)[C@@H]4CC[C@]3(O)C2)C[C@@H](O)[C@H]1O. The molecular weight excluding hydrogens is 586 g/mol. The lowest BCUT2D eigenvalue weighted by Crippen LogP contribution is -2.70. The van der Waals surface area contributed by atoms with Gasteiger partial charge < -0.3 is 40.0 Å². The van der Waals surface area contributed by atoms with E-state index in [1.165, 1.54) is 18.4 Å². The molecule has 2 aliphatic heterocycles. The summed E-state index contributed by atoms with van der Waals surface area (Å²) in [5.74, 6) is 0.0449. The predicted molar refractivity (Wildman–Crippen MR) is 171 cm³/mol. The molecule has 5 fully saturated rings. The molecule has 9 nitrogen and oxygen atoms in total. The Morgan fingerprint density at radius 1 is 1.07 bits per heavy atom. The molecule has 0 bridgehead atoms. The molecule has 5 N–H and O–H groups in total. The number of carbonyl (C=O) groups excluding carboxylic acids is 1. The second-order valence-corrected chi connectivity index (χ2v) is 16.0. The van der Waals surface area contributed by atoms with Gasteiger partial charge in [0.05, 0.1) is 29.5 Å². The first-order chi connectivity index (χ1) is 22.0. The van der Waals surface area contributed by atoms with Crippen LogP contribution in [0.2, 0.25) is 0 Å². The van der Waals surface area contributed by atoms with Crippen molar-refractivity contribution < 1.29 is 39.4 Å². The molecule has 1 saturated heterocycles. The predicted octanol–water partition coefficient (Wildman–Crippen LogP) is 4.18. The van der Waals surface area contributed by atoms with E-state index in [2.05, 4.69) is 30.6 Å². The van der Waals surface area contributed by atoms with Gasteiger partial charge in [-0.2, -0.15) is 0 Å². The largest absolute Gasteiger partial charge is 0.458 e. The number of hydrogen-bond donors (Lipinski definition) is 5. The highest BCUT2D eigenvalue weighted by Gasteiger charge is 2.71. The van der Waals surface area contributed by atoms with Gasteiger partial charge in [-0.15, -0.1) is 0 Å². The fourth-order valence-electron chi connectivity index (χ4n) is 11.4. The van der Waals surface area contributed by atoms with Crippen LogP contribution in [0.15, 0.2) is 35.6 Å². The summed E-state index contributed by atoms with van der Waals surface area (Å²) in [4.78, 5) is 12.0. The van der Waals surface area contributed by atoms with Gasteiger partial charge in [0.15, 0.2) is 6.29 Å². The van der Waals surface area contributed by atoms with Gasteiger partial charge >= 0.3 is 5.97 Å². The van der Waals surface area contributed by atoms with Crippen molar-refractivity contribution in [2.75, 3.05) is 13.2 Å². The molecular formula is C37H55NO8. The summed E-state index contributed by atoms with van der Waals surface area (Å²) < 4.78 is 17.6. The van der Waals surface area contributed by atoms with Crippen molar-refractivity contribution in [2.45, 2.75) is 146 Å². The van der Waals surface area contributed by atoms with Crippen molar-refractivity contribution in [3.05, 3.63) is 35.6 Å². The Kier molecular flexibility index (Phi) is 8.76. The number of cyclic esters (lactones) is 1. The molecule has 0 amide bonds. The van der Waals surface area contributed by atoms with Crippen LogP contribution >= 0.6 is 0 Å². The number of hydrogen-bond acceptors (Lipinski definition) is 9. The Balaban J connectivity index is 1.14. The molecule has 0 spiro atoms. The fourth-order valence-corrected chi connectivity index (χ4v) is 11.4. The molecule has 2 heterocycles. The number of carbonyl (C=O) groups is 1. The maximum atomic E-state index is 12.8. The lowest BCUT2D eigenvalue weighted by molar-refractivity contribution is -0.292. The number of nitrogens with one attached hydrogen (secondary N) is 1. The molecule has 46 heavy (non-hydrogen) atoms. The third-order valence-electron chi connectivity index (χ3n) is 13.9. The molecule has 0 unspecified atom stereocenters.